The lowest BCUT2D eigenvalue weighted by Crippen LogP contribution is -2.26. The van der Waals surface area contributed by atoms with Crippen molar-refractivity contribution < 1.29 is 23.1 Å². The van der Waals surface area contributed by atoms with Crippen LogP contribution in [0.1, 0.15) is 19.4 Å². The summed E-state index contributed by atoms with van der Waals surface area (Å²) in [5.41, 5.74) is 0.352. The predicted molar refractivity (Wildman–Crippen MR) is 99.8 cm³/mol. The van der Waals surface area contributed by atoms with E-state index in [1.165, 1.54) is 12.1 Å². The number of nitrogens with zero attached hydrogens (tertiary/aromatic N) is 1. The van der Waals surface area contributed by atoms with Crippen LogP contribution in [0.15, 0.2) is 59.6 Å². The van der Waals surface area contributed by atoms with Crippen LogP contribution in [-0.2, 0) is 11.0 Å². The van der Waals surface area contributed by atoms with E-state index in [-0.39, 0.29) is 5.56 Å². The highest BCUT2D eigenvalue weighted by Gasteiger charge is 2.33. The van der Waals surface area contributed by atoms with Crippen LogP contribution in [0.25, 0.3) is 22.0 Å². The van der Waals surface area contributed by atoms with Crippen molar-refractivity contribution in [1.29, 1.82) is 0 Å². The summed E-state index contributed by atoms with van der Waals surface area (Å²) in [5.74, 6) is -0.976. The molecule has 0 amide bonds. The van der Waals surface area contributed by atoms with Crippen LogP contribution in [0, 0.1) is 0 Å². The van der Waals surface area contributed by atoms with Crippen molar-refractivity contribution in [2.45, 2.75) is 29.7 Å². The third-order valence-electron chi connectivity index (χ3n) is 4.13. The largest absolute Gasteiger partial charge is 0.480 e. The molecule has 0 unspecified atom stereocenters. The normalized spacial score (nSPS) is 12.3. The Morgan fingerprint density at radius 3 is 2.44 bits per heavy atom. The summed E-state index contributed by atoms with van der Waals surface area (Å²) < 4.78 is 39.0. The van der Waals surface area contributed by atoms with Gasteiger partial charge >= 0.3 is 12.1 Å². The Hall–Kier alpha value is -2.54. The van der Waals surface area contributed by atoms with Gasteiger partial charge in [0.05, 0.1) is 11.1 Å². The minimum atomic E-state index is -4.47. The van der Waals surface area contributed by atoms with E-state index in [0.29, 0.717) is 21.4 Å². The number of rotatable bonds is 4. The summed E-state index contributed by atoms with van der Waals surface area (Å²) in [4.78, 5) is 16.3. The summed E-state index contributed by atoms with van der Waals surface area (Å²) in [6.07, 6.45) is -2.91. The van der Waals surface area contributed by atoms with E-state index in [4.69, 9.17) is 0 Å². The molecule has 0 aliphatic carbocycles. The molecule has 0 saturated carbocycles. The molecule has 3 aromatic rings. The van der Waals surface area contributed by atoms with Crippen molar-refractivity contribution in [1.82, 2.24) is 4.98 Å². The van der Waals surface area contributed by atoms with Crippen LogP contribution >= 0.6 is 11.8 Å². The average Bonchev–Trinajstić information content (AvgIpc) is 2.60. The standard InChI is InChI=1S/C20H16F3NO2S/c1-19(2,18(25)26)27-17-9-10-24-16-8-7-12(11-14(16)17)13-5-3-4-6-15(13)20(21,22)23/h3-11H,1-2H3,(H,25,26). The SMILES string of the molecule is CC(C)(Sc1ccnc2ccc(-c3ccccc3C(F)(F)F)cc12)C(=O)O. The number of aliphatic carboxylic acids is 1. The van der Waals surface area contributed by atoms with Crippen LogP contribution in [0.3, 0.4) is 0 Å². The van der Waals surface area contributed by atoms with Crippen LogP contribution < -0.4 is 0 Å². The average molecular weight is 391 g/mol. The highest BCUT2D eigenvalue weighted by atomic mass is 32.2. The summed E-state index contributed by atoms with van der Waals surface area (Å²) in [6.45, 7) is 3.16. The second kappa shape index (κ2) is 6.88. The second-order valence-corrected chi connectivity index (χ2v) is 8.17. The molecule has 1 heterocycles. The van der Waals surface area contributed by atoms with Gasteiger partial charge in [0.1, 0.15) is 4.75 Å². The minimum Gasteiger partial charge on any atom is -0.480 e. The van der Waals surface area contributed by atoms with Crippen LogP contribution in [-0.4, -0.2) is 20.8 Å². The smallest absolute Gasteiger partial charge is 0.417 e. The number of fused-ring (bicyclic) bond motifs is 1. The number of hydrogen-bond acceptors (Lipinski definition) is 3. The third-order valence-corrected chi connectivity index (χ3v) is 5.39. The molecule has 140 valence electrons. The maximum atomic E-state index is 13.4. The number of carbonyl (C=O) groups is 1. The summed E-state index contributed by atoms with van der Waals surface area (Å²) >= 11 is 1.14. The summed E-state index contributed by atoms with van der Waals surface area (Å²) in [5, 5.41) is 9.99. The molecular formula is C20H16F3NO2S. The topological polar surface area (TPSA) is 50.2 Å². The second-order valence-electron chi connectivity index (χ2n) is 6.50. The van der Waals surface area contributed by atoms with Gasteiger partial charge in [-0.3, -0.25) is 9.78 Å². The number of carboxylic acid groups (broad SMARTS) is 1. The van der Waals surface area contributed by atoms with Crippen molar-refractivity contribution >= 4 is 28.6 Å². The van der Waals surface area contributed by atoms with Gasteiger partial charge in [-0.05, 0) is 49.2 Å². The molecule has 3 nitrogen and oxygen atoms in total. The van der Waals surface area contributed by atoms with E-state index < -0.39 is 22.5 Å². The van der Waals surface area contributed by atoms with Crippen molar-refractivity contribution in [3.05, 3.63) is 60.3 Å². The fourth-order valence-corrected chi connectivity index (χ4v) is 3.72. The van der Waals surface area contributed by atoms with Crippen molar-refractivity contribution in [2.24, 2.45) is 0 Å². The molecule has 0 atom stereocenters. The fourth-order valence-electron chi connectivity index (χ4n) is 2.68. The summed E-state index contributed by atoms with van der Waals surface area (Å²) in [6, 6.07) is 11.9. The first kappa shape index (κ1) is 19.2. The molecule has 3 rings (SSSR count). The highest BCUT2D eigenvalue weighted by molar-refractivity contribution is 8.01. The van der Waals surface area contributed by atoms with Gasteiger partial charge in [-0.1, -0.05) is 24.3 Å². The van der Waals surface area contributed by atoms with Gasteiger partial charge in [0.25, 0.3) is 0 Å². The molecule has 7 heteroatoms. The van der Waals surface area contributed by atoms with Crippen LogP contribution in [0.2, 0.25) is 0 Å². The molecule has 0 bridgehead atoms. The molecule has 0 aliphatic rings. The predicted octanol–water partition coefficient (Wildman–Crippen LogP) is 5.88. The fraction of sp³-hybridized carbons (Fsp3) is 0.200. The van der Waals surface area contributed by atoms with E-state index in [1.807, 2.05) is 0 Å². The number of aromatic nitrogens is 1. The van der Waals surface area contributed by atoms with Crippen molar-refractivity contribution in [3.8, 4) is 11.1 Å². The lowest BCUT2D eigenvalue weighted by atomic mass is 9.98. The van der Waals surface area contributed by atoms with Crippen molar-refractivity contribution in [3.63, 3.8) is 0 Å². The molecule has 0 radical (unpaired) electrons. The maximum absolute atomic E-state index is 13.4. The molecule has 0 fully saturated rings. The molecule has 0 spiro atoms. The Kier molecular flexibility index (Phi) is 4.90. The molecule has 1 N–H and O–H groups in total. The minimum absolute atomic E-state index is 0.0733. The number of hydrogen-bond donors (Lipinski definition) is 1. The Labute approximate surface area is 158 Å². The number of alkyl halides is 3. The first-order valence-corrected chi connectivity index (χ1v) is 8.89. The zero-order valence-corrected chi connectivity index (χ0v) is 15.4. The van der Waals surface area contributed by atoms with Gasteiger partial charge in [-0.25, -0.2) is 0 Å². The van der Waals surface area contributed by atoms with Gasteiger partial charge in [0.2, 0.25) is 0 Å². The summed E-state index contributed by atoms with van der Waals surface area (Å²) in [7, 11) is 0. The molecule has 2 aromatic carbocycles. The zero-order chi connectivity index (χ0) is 19.8. The maximum Gasteiger partial charge on any atom is 0.417 e. The van der Waals surface area contributed by atoms with E-state index in [9.17, 15) is 23.1 Å². The van der Waals surface area contributed by atoms with Crippen LogP contribution in [0.4, 0.5) is 13.2 Å². The quantitative estimate of drug-likeness (QED) is 0.565. The zero-order valence-electron chi connectivity index (χ0n) is 14.5. The van der Waals surface area contributed by atoms with E-state index in [1.54, 1.807) is 50.4 Å². The van der Waals surface area contributed by atoms with E-state index >= 15 is 0 Å². The number of thioether (sulfide) groups is 1. The monoisotopic (exact) mass is 391 g/mol. The van der Waals surface area contributed by atoms with Crippen LogP contribution in [0.5, 0.6) is 0 Å². The molecule has 0 saturated heterocycles. The van der Waals surface area contributed by atoms with Gasteiger partial charge in [-0.2, -0.15) is 13.2 Å². The van der Waals surface area contributed by atoms with Crippen molar-refractivity contribution in [2.75, 3.05) is 0 Å². The molecule has 27 heavy (non-hydrogen) atoms. The highest BCUT2D eigenvalue weighted by Crippen LogP contribution is 2.40. The molecule has 0 aliphatic heterocycles. The molecule has 1 aromatic heterocycles. The van der Waals surface area contributed by atoms with Gasteiger partial charge < -0.3 is 5.11 Å². The van der Waals surface area contributed by atoms with Gasteiger partial charge in [0, 0.05) is 16.5 Å². The lowest BCUT2D eigenvalue weighted by molar-refractivity contribution is -0.139. The first-order chi connectivity index (χ1) is 12.6. The van der Waals surface area contributed by atoms with E-state index in [2.05, 4.69) is 4.98 Å². The Bertz CT molecular complexity index is 1020. The lowest BCUT2D eigenvalue weighted by Gasteiger charge is -2.19. The third kappa shape index (κ3) is 3.93. The Balaban J connectivity index is 2.17. The Morgan fingerprint density at radius 1 is 1.07 bits per heavy atom. The van der Waals surface area contributed by atoms with Gasteiger partial charge in [0.15, 0.2) is 0 Å². The first-order valence-electron chi connectivity index (χ1n) is 8.07. The number of carboxylic acids is 1. The molecular weight excluding hydrogens is 375 g/mol. The Morgan fingerprint density at radius 2 is 1.78 bits per heavy atom. The number of benzene rings is 2. The van der Waals surface area contributed by atoms with Gasteiger partial charge in [-0.15, -0.1) is 11.8 Å². The number of halogens is 3. The van der Waals surface area contributed by atoms with E-state index in [0.717, 1.165) is 17.8 Å². The number of pyridine rings is 1.